The number of anilines is 1. The molecule has 15 heavy (non-hydrogen) atoms. The Balaban J connectivity index is 2.49. The molecular formula is C12H17NO2. The van der Waals surface area contributed by atoms with Crippen molar-refractivity contribution in [3.63, 3.8) is 0 Å². The van der Waals surface area contributed by atoms with Crippen molar-refractivity contribution in [3.8, 4) is 0 Å². The molecule has 1 aromatic rings. The van der Waals surface area contributed by atoms with E-state index in [9.17, 15) is 4.79 Å². The van der Waals surface area contributed by atoms with Gasteiger partial charge in [0.25, 0.3) is 0 Å². The molecule has 0 radical (unpaired) electrons. The molecule has 0 aliphatic rings. The molecule has 0 aliphatic carbocycles. The highest BCUT2D eigenvalue weighted by molar-refractivity contribution is 5.70. The van der Waals surface area contributed by atoms with Gasteiger partial charge in [-0.05, 0) is 25.5 Å². The number of nitrogens with one attached hydrogen (secondary N) is 1. The van der Waals surface area contributed by atoms with E-state index in [1.54, 1.807) is 0 Å². The van der Waals surface area contributed by atoms with Gasteiger partial charge < -0.3 is 10.4 Å². The van der Waals surface area contributed by atoms with Crippen LogP contribution in [0.4, 0.5) is 5.69 Å². The second kappa shape index (κ2) is 5.39. The van der Waals surface area contributed by atoms with E-state index in [1.807, 2.05) is 38.1 Å². The summed E-state index contributed by atoms with van der Waals surface area (Å²) in [6, 6.07) is 7.93. The van der Waals surface area contributed by atoms with Gasteiger partial charge in [-0.25, -0.2) is 0 Å². The molecule has 1 aromatic carbocycles. The normalized spacial score (nSPS) is 12.1. The molecule has 0 spiro atoms. The van der Waals surface area contributed by atoms with Crippen LogP contribution in [-0.4, -0.2) is 17.6 Å². The Morgan fingerprint density at radius 3 is 2.47 bits per heavy atom. The first kappa shape index (κ1) is 11.6. The number of carboxylic acids is 1. The van der Waals surface area contributed by atoms with Crippen LogP contribution >= 0.6 is 0 Å². The quantitative estimate of drug-likeness (QED) is 0.780. The van der Waals surface area contributed by atoms with E-state index in [1.165, 1.54) is 5.56 Å². The van der Waals surface area contributed by atoms with Crippen LogP contribution in [0.5, 0.6) is 0 Å². The van der Waals surface area contributed by atoms with Gasteiger partial charge in [-0.15, -0.1) is 0 Å². The van der Waals surface area contributed by atoms with Crippen LogP contribution in [0.25, 0.3) is 0 Å². The molecule has 82 valence electrons. The van der Waals surface area contributed by atoms with E-state index in [2.05, 4.69) is 5.32 Å². The molecule has 0 saturated heterocycles. The van der Waals surface area contributed by atoms with E-state index >= 15 is 0 Å². The average molecular weight is 207 g/mol. The summed E-state index contributed by atoms with van der Waals surface area (Å²) in [6.45, 7) is 4.39. The Kier molecular flexibility index (Phi) is 4.16. The van der Waals surface area contributed by atoms with Crippen LogP contribution < -0.4 is 5.32 Å². The van der Waals surface area contributed by atoms with E-state index in [-0.39, 0.29) is 5.92 Å². The fourth-order valence-electron chi connectivity index (χ4n) is 1.32. The van der Waals surface area contributed by atoms with Crippen LogP contribution in [0.1, 0.15) is 18.9 Å². The maximum Gasteiger partial charge on any atom is 0.308 e. The lowest BCUT2D eigenvalue weighted by atomic mass is 10.1. The minimum Gasteiger partial charge on any atom is -0.481 e. The Morgan fingerprint density at radius 2 is 2.00 bits per heavy atom. The summed E-state index contributed by atoms with van der Waals surface area (Å²) < 4.78 is 0. The SMILES string of the molecule is CCC(CNc1ccc(C)cc1)C(=O)O. The highest BCUT2D eigenvalue weighted by Crippen LogP contribution is 2.10. The van der Waals surface area contributed by atoms with Gasteiger partial charge in [0.15, 0.2) is 0 Å². The van der Waals surface area contributed by atoms with Gasteiger partial charge in [0.1, 0.15) is 0 Å². The zero-order valence-corrected chi connectivity index (χ0v) is 9.16. The third-order valence-electron chi connectivity index (χ3n) is 2.45. The lowest BCUT2D eigenvalue weighted by molar-refractivity contribution is -0.141. The predicted molar refractivity (Wildman–Crippen MR) is 61.1 cm³/mol. The molecule has 1 unspecified atom stereocenters. The summed E-state index contributed by atoms with van der Waals surface area (Å²) in [6.07, 6.45) is 0.647. The van der Waals surface area contributed by atoms with Crippen LogP contribution in [0.15, 0.2) is 24.3 Å². The molecule has 3 heteroatoms. The summed E-state index contributed by atoms with van der Waals surface area (Å²) in [5.74, 6) is -1.05. The smallest absolute Gasteiger partial charge is 0.308 e. The number of hydrogen-bond donors (Lipinski definition) is 2. The maximum atomic E-state index is 10.8. The van der Waals surface area contributed by atoms with E-state index in [0.29, 0.717) is 13.0 Å². The van der Waals surface area contributed by atoms with Gasteiger partial charge >= 0.3 is 5.97 Å². The first-order valence-electron chi connectivity index (χ1n) is 5.16. The van der Waals surface area contributed by atoms with Crippen LogP contribution in [-0.2, 0) is 4.79 Å². The molecule has 0 aromatic heterocycles. The number of benzene rings is 1. The van der Waals surface area contributed by atoms with Gasteiger partial charge in [-0.3, -0.25) is 4.79 Å². The van der Waals surface area contributed by atoms with Crippen molar-refractivity contribution in [3.05, 3.63) is 29.8 Å². The molecule has 0 heterocycles. The number of rotatable bonds is 5. The lowest BCUT2D eigenvalue weighted by Gasteiger charge is -2.12. The van der Waals surface area contributed by atoms with Crippen LogP contribution in [0.2, 0.25) is 0 Å². The first-order chi connectivity index (χ1) is 7.13. The fraction of sp³-hybridized carbons (Fsp3) is 0.417. The van der Waals surface area contributed by atoms with Crippen molar-refractivity contribution in [1.29, 1.82) is 0 Å². The van der Waals surface area contributed by atoms with Gasteiger partial charge in [0, 0.05) is 12.2 Å². The van der Waals surface area contributed by atoms with Crippen molar-refractivity contribution < 1.29 is 9.90 Å². The molecular weight excluding hydrogens is 190 g/mol. The molecule has 0 aliphatic heterocycles. The molecule has 2 N–H and O–H groups in total. The Labute approximate surface area is 90.1 Å². The topological polar surface area (TPSA) is 49.3 Å². The van der Waals surface area contributed by atoms with Crippen molar-refractivity contribution in [2.75, 3.05) is 11.9 Å². The number of aliphatic carboxylic acids is 1. The van der Waals surface area contributed by atoms with Crippen LogP contribution in [0.3, 0.4) is 0 Å². The second-order valence-electron chi connectivity index (χ2n) is 3.69. The summed E-state index contributed by atoms with van der Waals surface area (Å²) >= 11 is 0. The Bertz CT molecular complexity index is 319. The lowest BCUT2D eigenvalue weighted by Crippen LogP contribution is -2.21. The third-order valence-corrected chi connectivity index (χ3v) is 2.45. The summed E-state index contributed by atoms with van der Waals surface area (Å²) in [5, 5.41) is 12.0. The average Bonchev–Trinajstić information content (AvgIpc) is 2.21. The minimum atomic E-state index is -0.739. The number of carbonyl (C=O) groups is 1. The summed E-state index contributed by atoms with van der Waals surface area (Å²) in [5.41, 5.74) is 2.17. The fourth-order valence-corrected chi connectivity index (χ4v) is 1.32. The Morgan fingerprint density at radius 1 is 1.40 bits per heavy atom. The zero-order valence-electron chi connectivity index (χ0n) is 9.16. The second-order valence-corrected chi connectivity index (χ2v) is 3.69. The molecule has 0 fully saturated rings. The largest absolute Gasteiger partial charge is 0.481 e. The van der Waals surface area contributed by atoms with E-state index in [4.69, 9.17) is 5.11 Å². The molecule has 3 nitrogen and oxygen atoms in total. The van der Waals surface area contributed by atoms with Gasteiger partial charge in [-0.2, -0.15) is 0 Å². The molecule has 1 atom stereocenters. The molecule has 1 rings (SSSR count). The minimum absolute atomic E-state index is 0.314. The number of carboxylic acid groups (broad SMARTS) is 1. The van der Waals surface area contributed by atoms with Crippen molar-refractivity contribution in [2.24, 2.45) is 5.92 Å². The first-order valence-corrected chi connectivity index (χ1v) is 5.16. The third kappa shape index (κ3) is 3.62. The van der Waals surface area contributed by atoms with Crippen LogP contribution in [0, 0.1) is 12.8 Å². The number of hydrogen-bond acceptors (Lipinski definition) is 2. The highest BCUT2D eigenvalue weighted by Gasteiger charge is 2.13. The highest BCUT2D eigenvalue weighted by atomic mass is 16.4. The van der Waals surface area contributed by atoms with Crippen molar-refractivity contribution >= 4 is 11.7 Å². The number of aryl methyl sites for hydroxylation is 1. The molecule has 0 bridgehead atoms. The van der Waals surface area contributed by atoms with Crippen molar-refractivity contribution in [1.82, 2.24) is 0 Å². The monoisotopic (exact) mass is 207 g/mol. The van der Waals surface area contributed by atoms with Crippen molar-refractivity contribution in [2.45, 2.75) is 20.3 Å². The van der Waals surface area contributed by atoms with Gasteiger partial charge in [0.05, 0.1) is 5.92 Å². The van der Waals surface area contributed by atoms with Gasteiger partial charge in [0.2, 0.25) is 0 Å². The maximum absolute atomic E-state index is 10.8. The zero-order chi connectivity index (χ0) is 11.3. The Hall–Kier alpha value is -1.51. The molecule has 0 saturated carbocycles. The van der Waals surface area contributed by atoms with E-state index < -0.39 is 5.97 Å². The molecule has 0 amide bonds. The van der Waals surface area contributed by atoms with E-state index in [0.717, 1.165) is 5.69 Å². The summed E-state index contributed by atoms with van der Waals surface area (Å²) in [4.78, 5) is 10.8. The van der Waals surface area contributed by atoms with Gasteiger partial charge in [-0.1, -0.05) is 24.6 Å². The summed E-state index contributed by atoms with van der Waals surface area (Å²) in [7, 11) is 0. The standard InChI is InChI=1S/C12H17NO2/c1-3-10(12(14)15)8-13-11-6-4-9(2)5-7-11/h4-7,10,13H,3,8H2,1-2H3,(H,14,15). The predicted octanol–water partition coefficient (Wildman–Crippen LogP) is 2.52.